The van der Waals surface area contributed by atoms with Gasteiger partial charge in [-0.2, -0.15) is 5.26 Å². The quantitative estimate of drug-likeness (QED) is 0.542. The zero-order valence-electron chi connectivity index (χ0n) is 18.6. The number of allylic oxidation sites excluding steroid dienone is 1. The number of benzene rings is 2. The smallest absolute Gasteiger partial charge is 0.338 e. The van der Waals surface area contributed by atoms with E-state index in [4.69, 9.17) is 14.2 Å². The Morgan fingerprint density at radius 3 is 2.82 bits per heavy atom. The van der Waals surface area contributed by atoms with Crippen LogP contribution in [0.4, 0.5) is 0 Å². The summed E-state index contributed by atoms with van der Waals surface area (Å²) in [5.41, 5.74) is 3.33. The van der Waals surface area contributed by atoms with Crippen molar-refractivity contribution < 1.29 is 19.0 Å². The van der Waals surface area contributed by atoms with Crippen molar-refractivity contribution in [3.05, 3.63) is 82.0 Å². The Balaban J connectivity index is 1.67. The van der Waals surface area contributed by atoms with Crippen LogP contribution >= 0.6 is 11.8 Å². The summed E-state index contributed by atoms with van der Waals surface area (Å²) in [4.78, 5) is 19.4. The topological polar surface area (TPSA) is 84.1 Å². The number of carbonyl (C=O) groups excluding carboxylic acids is 1. The highest BCUT2D eigenvalue weighted by Crippen LogP contribution is 2.43. The van der Waals surface area contributed by atoms with E-state index in [0.29, 0.717) is 28.3 Å². The van der Waals surface area contributed by atoms with Crippen LogP contribution < -0.4 is 9.47 Å². The van der Waals surface area contributed by atoms with Gasteiger partial charge in [-0.25, -0.2) is 9.79 Å². The molecule has 0 saturated carbocycles. The number of carbonyl (C=O) groups is 1. The van der Waals surface area contributed by atoms with Crippen LogP contribution in [0.15, 0.2) is 70.3 Å². The molecule has 0 aromatic heterocycles. The minimum absolute atomic E-state index is 0.234. The second-order valence-electron chi connectivity index (χ2n) is 7.29. The van der Waals surface area contributed by atoms with E-state index in [-0.39, 0.29) is 19.2 Å². The highest BCUT2D eigenvalue weighted by Gasteiger charge is 2.37. The summed E-state index contributed by atoms with van der Waals surface area (Å²) in [6.45, 7) is 4.12. The SMILES string of the molecule is CCOC(=O)C1=C(C)N=C2SC=CN2[C@H]1c1ccc(OCc2ccccc2C#N)c(OC)c1. The second-order valence-corrected chi connectivity index (χ2v) is 8.17. The lowest BCUT2D eigenvalue weighted by Crippen LogP contribution is -2.34. The average Bonchev–Trinajstić information content (AvgIpc) is 3.30. The Kier molecular flexibility index (Phi) is 6.71. The van der Waals surface area contributed by atoms with Gasteiger partial charge in [0.15, 0.2) is 16.7 Å². The molecule has 2 aromatic rings. The lowest BCUT2D eigenvalue weighted by molar-refractivity contribution is -0.139. The number of esters is 1. The van der Waals surface area contributed by atoms with E-state index in [1.807, 2.05) is 59.8 Å². The molecule has 0 radical (unpaired) electrons. The average molecular weight is 462 g/mol. The van der Waals surface area contributed by atoms with Gasteiger partial charge >= 0.3 is 5.97 Å². The Hall–Kier alpha value is -3.70. The molecular weight excluding hydrogens is 438 g/mol. The van der Waals surface area contributed by atoms with Gasteiger partial charge in [0, 0.05) is 11.8 Å². The van der Waals surface area contributed by atoms with Gasteiger partial charge in [-0.15, -0.1) is 0 Å². The molecule has 0 spiro atoms. The number of amidine groups is 1. The Labute approximate surface area is 197 Å². The maximum atomic E-state index is 12.8. The van der Waals surface area contributed by atoms with Crippen LogP contribution in [0.5, 0.6) is 11.5 Å². The third-order valence-electron chi connectivity index (χ3n) is 5.34. The lowest BCUT2D eigenvalue weighted by Gasteiger charge is -2.33. The van der Waals surface area contributed by atoms with Crippen molar-refractivity contribution in [2.45, 2.75) is 26.5 Å². The van der Waals surface area contributed by atoms with Gasteiger partial charge in [-0.1, -0.05) is 36.0 Å². The summed E-state index contributed by atoms with van der Waals surface area (Å²) < 4.78 is 16.9. The normalized spacial score (nSPS) is 16.7. The molecule has 0 saturated heterocycles. The zero-order chi connectivity index (χ0) is 23.4. The molecular formula is C25H23N3O4S. The van der Waals surface area contributed by atoms with E-state index in [1.54, 1.807) is 20.1 Å². The maximum Gasteiger partial charge on any atom is 0.338 e. The van der Waals surface area contributed by atoms with Gasteiger partial charge in [0.1, 0.15) is 6.61 Å². The lowest BCUT2D eigenvalue weighted by atomic mass is 9.94. The number of nitriles is 1. The van der Waals surface area contributed by atoms with Gasteiger partial charge in [-0.05, 0) is 43.0 Å². The number of nitrogens with zero attached hydrogens (tertiary/aromatic N) is 3. The van der Waals surface area contributed by atoms with Crippen molar-refractivity contribution in [3.8, 4) is 17.6 Å². The van der Waals surface area contributed by atoms with Gasteiger partial charge in [0.05, 0.1) is 42.7 Å². The minimum Gasteiger partial charge on any atom is -0.493 e. The van der Waals surface area contributed by atoms with Crippen LogP contribution in [0.2, 0.25) is 0 Å². The van der Waals surface area contributed by atoms with E-state index in [1.165, 1.54) is 11.8 Å². The van der Waals surface area contributed by atoms with E-state index in [2.05, 4.69) is 11.1 Å². The van der Waals surface area contributed by atoms with Gasteiger partial charge < -0.3 is 19.1 Å². The molecule has 0 fully saturated rings. The summed E-state index contributed by atoms with van der Waals surface area (Å²) in [7, 11) is 1.57. The molecule has 2 heterocycles. The number of thioether (sulfide) groups is 1. The highest BCUT2D eigenvalue weighted by atomic mass is 32.2. The molecule has 7 nitrogen and oxygen atoms in total. The number of fused-ring (bicyclic) bond motifs is 1. The van der Waals surface area contributed by atoms with Gasteiger partial charge in [-0.3, -0.25) is 0 Å². The van der Waals surface area contributed by atoms with Crippen LogP contribution in [0.1, 0.15) is 36.6 Å². The van der Waals surface area contributed by atoms with Crippen molar-refractivity contribution in [3.63, 3.8) is 0 Å². The largest absolute Gasteiger partial charge is 0.493 e. The van der Waals surface area contributed by atoms with E-state index in [0.717, 1.165) is 16.3 Å². The van der Waals surface area contributed by atoms with Gasteiger partial charge in [0.25, 0.3) is 0 Å². The fourth-order valence-electron chi connectivity index (χ4n) is 3.78. The van der Waals surface area contributed by atoms with Crippen LogP contribution in [0, 0.1) is 11.3 Å². The number of methoxy groups -OCH3 is 1. The first-order valence-electron chi connectivity index (χ1n) is 10.4. The summed E-state index contributed by atoms with van der Waals surface area (Å²) in [6.07, 6.45) is 1.91. The molecule has 0 bridgehead atoms. The summed E-state index contributed by atoms with van der Waals surface area (Å²) in [6, 6.07) is 14.7. The molecule has 2 aromatic carbocycles. The predicted molar refractivity (Wildman–Crippen MR) is 127 cm³/mol. The monoisotopic (exact) mass is 461 g/mol. The molecule has 2 aliphatic rings. The Bertz CT molecular complexity index is 1210. The molecule has 0 amide bonds. The maximum absolute atomic E-state index is 12.8. The van der Waals surface area contributed by atoms with Crippen LogP contribution in [-0.2, 0) is 16.1 Å². The molecule has 4 rings (SSSR count). The van der Waals surface area contributed by atoms with Crippen molar-refractivity contribution in [1.29, 1.82) is 5.26 Å². The second kappa shape index (κ2) is 9.84. The fourth-order valence-corrected chi connectivity index (χ4v) is 4.57. The molecule has 2 aliphatic heterocycles. The van der Waals surface area contributed by atoms with Crippen molar-refractivity contribution >= 4 is 22.9 Å². The highest BCUT2D eigenvalue weighted by molar-refractivity contribution is 8.16. The van der Waals surface area contributed by atoms with Crippen LogP contribution in [-0.4, -0.2) is 29.8 Å². The Morgan fingerprint density at radius 2 is 2.06 bits per heavy atom. The van der Waals surface area contributed by atoms with Gasteiger partial charge in [0.2, 0.25) is 0 Å². The first kappa shape index (κ1) is 22.5. The number of ether oxygens (including phenoxy) is 3. The van der Waals surface area contributed by atoms with Crippen molar-refractivity contribution in [2.24, 2.45) is 4.99 Å². The number of hydrogen-bond donors (Lipinski definition) is 0. The van der Waals surface area contributed by atoms with E-state index >= 15 is 0 Å². The predicted octanol–water partition coefficient (Wildman–Crippen LogP) is 4.91. The molecule has 8 heteroatoms. The first-order valence-corrected chi connectivity index (χ1v) is 11.3. The van der Waals surface area contributed by atoms with Crippen molar-refractivity contribution in [1.82, 2.24) is 4.90 Å². The molecule has 0 aliphatic carbocycles. The Morgan fingerprint density at radius 1 is 1.24 bits per heavy atom. The standard InChI is InChI=1S/C25H23N3O4S/c1-4-31-24(29)22-16(2)27-25-28(11-12-33-25)23(22)17-9-10-20(21(13-17)30-3)32-15-19-8-6-5-7-18(19)14-26/h5-13,23H,4,15H2,1-3H3/t23-/m0/s1. The van der Waals surface area contributed by atoms with E-state index < -0.39 is 6.04 Å². The zero-order valence-corrected chi connectivity index (χ0v) is 19.4. The molecule has 0 N–H and O–H groups in total. The number of aliphatic imine (C=N–C) groups is 1. The third-order valence-corrected chi connectivity index (χ3v) is 6.11. The van der Waals surface area contributed by atoms with Crippen molar-refractivity contribution in [2.75, 3.05) is 13.7 Å². The fraction of sp³-hybridized carbons (Fsp3) is 0.240. The molecule has 0 unspecified atom stereocenters. The third kappa shape index (κ3) is 4.45. The number of hydrogen-bond acceptors (Lipinski definition) is 8. The summed E-state index contributed by atoms with van der Waals surface area (Å²) in [5.74, 6) is 0.687. The summed E-state index contributed by atoms with van der Waals surface area (Å²) >= 11 is 1.50. The number of rotatable bonds is 7. The van der Waals surface area contributed by atoms with Crippen LogP contribution in [0.25, 0.3) is 0 Å². The van der Waals surface area contributed by atoms with E-state index in [9.17, 15) is 10.1 Å². The van der Waals surface area contributed by atoms with Crippen LogP contribution in [0.3, 0.4) is 0 Å². The minimum atomic E-state index is -0.398. The molecule has 33 heavy (non-hydrogen) atoms. The molecule has 1 atom stereocenters. The molecule has 168 valence electrons. The summed E-state index contributed by atoms with van der Waals surface area (Å²) in [5, 5.41) is 12.0. The first-order chi connectivity index (χ1) is 16.1.